The average molecular weight is 251 g/mol. The number of furan rings is 1. The van der Waals surface area contributed by atoms with Crippen molar-refractivity contribution in [1.82, 2.24) is 15.5 Å². The highest BCUT2D eigenvalue weighted by molar-refractivity contribution is 5.94. The Balaban J connectivity index is 1.63. The molecule has 0 spiro atoms. The lowest BCUT2D eigenvalue weighted by Gasteiger charge is -2.27. The molecular formula is C13H21N3O2. The Kier molecular flexibility index (Phi) is 4.78. The van der Waals surface area contributed by atoms with Crippen LogP contribution in [0, 0.1) is 6.92 Å². The topological polar surface area (TPSA) is 57.5 Å². The number of hydrogen-bond acceptors (Lipinski definition) is 4. The fraction of sp³-hybridized carbons (Fsp3) is 0.615. The van der Waals surface area contributed by atoms with Crippen molar-refractivity contribution >= 4 is 5.91 Å². The molecule has 2 heterocycles. The molecule has 1 aromatic heterocycles. The molecule has 0 radical (unpaired) electrons. The zero-order chi connectivity index (χ0) is 12.8. The van der Waals surface area contributed by atoms with Gasteiger partial charge in [0.15, 0.2) is 0 Å². The van der Waals surface area contributed by atoms with Gasteiger partial charge in [-0.05, 0) is 26.0 Å². The molecule has 2 N–H and O–H groups in total. The van der Waals surface area contributed by atoms with Crippen LogP contribution in [0.3, 0.4) is 0 Å². The van der Waals surface area contributed by atoms with Gasteiger partial charge in [-0.3, -0.25) is 4.79 Å². The summed E-state index contributed by atoms with van der Waals surface area (Å²) >= 11 is 0. The molecule has 18 heavy (non-hydrogen) atoms. The molecule has 1 aliphatic rings. The van der Waals surface area contributed by atoms with Crippen LogP contribution in [0.2, 0.25) is 0 Å². The third-order valence-corrected chi connectivity index (χ3v) is 3.25. The molecule has 1 fully saturated rings. The molecule has 0 bridgehead atoms. The van der Waals surface area contributed by atoms with Crippen molar-refractivity contribution in [2.45, 2.75) is 13.3 Å². The SMILES string of the molecule is Cc1occc1C(=O)NCCCN1CCNCC1. The molecule has 0 aliphatic carbocycles. The van der Waals surface area contributed by atoms with Gasteiger partial charge in [0, 0.05) is 32.7 Å². The van der Waals surface area contributed by atoms with Crippen LogP contribution in [0.15, 0.2) is 16.7 Å². The Morgan fingerprint density at radius 1 is 1.50 bits per heavy atom. The lowest BCUT2D eigenvalue weighted by atomic mass is 10.2. The number of hydrogen-bond donors (Lipinski definition) is 2. The minimum Gasteiger partial charge on any atom is -0.469 e. The molecule has 1 aliphatic heterocycles. The van der Waals surface area contributed by atoms with Crippen LogP contribution in [0.1, 0.15) is 22.5 Å². The standard InChI is InChI=1S/C13H21N3O2/c1-11-12(3-10-18-11)13(17)15-4-2-7-16-8-5-14-6-9-16/h3,10,14H,2,4-9H2,1H3,(H,15,17). The maximum absolute atomic E-state index is 11.8. The van der Waals surface area contributed by atoms with Gasteiger partial charge in [0.25, 0.3) is 5.91 Å². The molecule has 1 amide bonds. The van der Waals surface area contributed by atoms with Crippen molar-refractivity contribution in [2.24, 2.45) is 0 Å². The quantitative estimate of drug-likeness (QED) is 0.753. The highest BCUT2D eigenvalue weighted by atomic mass is 16.3. The van der Waals surface area contributed by atoms with E-state index in [0.717, 1.165) is 39.1 Å². The Bertz CT molecular complexity index is 383. The molecular weight excluding hydrogens is 230 g/mol. The second-order valence-corrected chi connectivity index (χ2v) is 4.59. The van der Waals surface area contributed by atoms with E-state index in [1.54, 1.807) is 19.3 Å². The number of nitrogens with one attached hydrogen (secondary N) is 2. The van der Waals surface area contributed by atoms with Gasteiger partial charge >= 0.3 is 0 Å². The number of carbonyl (C=O) groups is 1. The molecule has 0 unspecified atom stereocenters. The second kappa shape index (κ2) is 6.56. The van der Waals surface area contributed by atoms with Crippen LogP contribution in [0.4, 0.5) is 0 Å². The zero-order valence-electron chi connectivity index (χ0n) is 10.9. The number of aryl methyl sites for hydroxylation is 1. The van der Waals surface area contributed by atoms with E-state index >= 15 is 0 Å². The number of piperazine rings is 1. The van der Waals surface area contributed by atoms with E-state index in [1.807, 2.05) is 0 Å². The first-order valence-electron chi connectivity index (χ1n) is 6.53. The Hall–Kier alpha value is -1.33. The molecule has 5 nitrogen and oxygen atoms in total. The summed E-state index contributed by atoms with van der Waals surface area (Å²) in [5.74, 6) is 0.635. The van der Waals surface area contributed by atoms with Gasteiger partial charge in [-0.1, -0.05) is 0 Å². The third kappa shape index (κ3) is 3.58. The number of nitrogens with zero attached hydrogens (tertiary/aromatic N) is 1. The van der Waals surface area contributed by atoms with E-state index in [4.69, 9.17) is 4.42 Å². The van der Waals surface area contributed by atoms with Crippen LogP contribution in [-0.4, -0.2) is 50.1 Å². The van der Waals surface area contributed by atoms with Crippen molar-refractivity contribution < 1.29 is 9.21 Å². The highest BCUT2D eigenvalue weighted by Gasteiger charge is 2.11. The minimum atomic E-state index is -0.0402. The van der Waals surface area contributed by atoms with E-state index < -0.39 is 0 Å². The van der Waals surface area contributed by atoms with Crippen molar-refractivity contribution in [2.75, 3.05) is 39.3 Å². The van der Waals surface area contributed by atoms with E-state index in [-0.39, 0.29) is 5.91 Å². The van der Waals surface area contributed by atoms with E-state index in [0.29, 0.717) is 17.9 Å². The number of amides is 1. The van der Waals surface area contributed by atoms with Crippen molar-refractivity contribution in [1.29, 1.82) is 0 Å². The summed E-state index contributed by atoms with van der Waals surface area (Å²) in [6.45, 7) is 7.92. The largest absolute Gasteiger partial charge is 0.469 e. The lowest BCUT2D eigenvalue weighted by molar-refractivity contribution is 0.0949. The minimum absolute atomic E-state index is 0.0402. The molecule has 0 aromatic carbocycles. The molecule has 0 saturated carbocycles. The van der Waals surface area contributed by atoms with Crippen molar-refractivity contribution in [3.05, 3.63) is 23.7 Å². The van der Waals surface area contributed by atoms with Crippen molar-refractivity contribution in [3.8, 4) is 0 Å². The Labute approximate surface area is 108 Å². The maximum Gasteiger partial charge on any atom is 0.254 e. The van der Waals surface area contributed by atoms with Crippen LogP contribution >= 0.6 is 0 Å². The average Bonchev–Trinajstić information content (AvgIpc) is 2.82. The van der Waals surface area contributed by atoms with Crippen LogP contribution in [0.25, 0.3) is 0 Å². The summed E-state index contributed by atoms with van der Waals surface area (Å²) in [5.41, 5.74) is 0.636. The van der Waals surface area contributed by atoms with Crippen LogP contribution in [0.5, 0.6) is 0 Å². The Morgan fingerprint density at radius 2 is 2.28 bits per heavy atom. The van der Waals surface area contributed by atoms with Gasteiger partial charge in [-0.25, -0.2) is 0 Å². The fourth-order valence-corrected chi connectivity index (χ4v) is 2.16. The molecule has 5 heteroatoms. The maximum atomic E-state index is 11.8. The number of rotatable bonds is 5. The molecule has 0 atom stereocenters. The first-order chi connectivity index (χ1) is 8.77. The molecule has 1 aromatic rings. The summed E-state index contributed by atoms with van der Waals surface area (Å²) in [4.78, 5) is 14.2. The Morgan fingerprint density at radius 3 is 2.94 bits per heavy atom. The van der Waals surface area contributed by atoms with E-state index in [1.165, 1.54) is 0 Å². The first-order valence-corrected chi connectivity index (χ1v) is 6.53. The third-order valence-electron chi connectivity index (χ3n) is 3.25. The van der Waals surface area contributed by atoms with Gasteiger partial charge in [-0.15, -0.1) is 0 Å². The van der Waals surface area contributed by atoms with Gasteiger partial charge in [0.2, 0.25) is 0 Å². The smallest absolute Gasteiger partial charge is 0.254 e. The fourth-order valence-electron chi connectivity index (χ4n) is 2.16. The van der Waals surface area contributed by atoms with Gasteiger partial charge in [0.05, 0.1) is 11.8 Å². The van der Waals surface area contributed by atoms with Crippen LogP contribution in [-0.2, 0) is 0 Å². The summed E-state index contributed by atoms with van der Waals surface area (Å²) < 4.78 is 5.11. The highest BCUT2D eigenvalue weighted by Crippen LogP contribution is 2.07. The molecule has 2 rings (SSSR count). The monoisotopic (exact) mass is 251 g/mol. The number of carbonyl (C=O) groups excluding carboxylic acids is 1. The summed E-state index contributed by atoms with van der Waals surface area (Å²) in [6.07, 6.45) is 2.54. The van der Waals surface area contributed by atoms with Gasteiger partial charge in [0.1, 0.15) is 5.76 Å². The first kappa shape index (κ1) is 13.1. The normalized spacial score (nSPS) is 16.7. The predicted molar refractivity (Wildman–Crippen MR) is 69.7 cm³/mol. The molecule has 1 saturated heterocycles. The van der Waals surface area contributed by atoms with Gasteiger partial charge in [-0.2, -0.15) is 0 Å². The second-order valence-electron chi connectivity index (χ2n) is 4.59. The lowest BCUT2D eigenvalue weighted by Crippen LogP contribution is -2.44. The van der Waals surface area contributed by atoms with Crippen LogP contribution < -0.4 is 10.6 Å². The predicted octanol–water partition coefficient (Wildman–Crippen LogP) is 0.613. The summed E-state index contributed by atoms with van der Waals surface area (Å²) in [5, 5.41) is 6.25. The summed E-state index contributed by atoms with van der Waals surface area (Å²) in [7, 11) is 0. The van der Waals surface area contributed by atoms with E-state index in [2.05, 4.69) is 15.5 Å². The van der Waals surface area contributed by atoms with Crippen molar-refractivity contribution in [3.63, 3.8) is 0 Å². The zero-order valence-corrected chi connectivity index (χ0v) is 10.9. The van der Waals surface area contributed by atoms with E-state index in [9.17, 15) is 4.79 Å². The summed E-state index contributed by atoms with van der Waals surface area (Å²) in [6, 6.07) is 1.71. The molecule has 100 valence electrons. The van der Waals surface area contributed by atoms with Gasteiger partial charge < -0.3 is 20.0 Å².